The predicted molar refractivity (Wildman–Crippen MR) is 56.1 cm³/mol. The summed E-state index contributed by atoms with van der Waals surface area (Å²) in [5.74, 6) is 0.452. The van der Waals surface area contributed by atoms with E-state index in [1.807, 2.05) is 20.8 Å². The van der Waals surface area contributed by atoms with Crippen LogP contribution in [0.2, 0.25) is 0 Å². The van der Waals surface area contributed by atoms with Gasteiger partial charge >= 0.3 is 0 Å². The monoisotopic (exact) mass is 211 g/mol. The van der Waals surface area contributed by atoms with Crippen LogP contribution in [0, 0.1) is 5.41 Å². The summed E-state index contributed by atoms with van der Waals surface area (Å²) in [5.41, 5.74) is -0.472. The third-order valence-corrected chi connectivity index (χ3v) is 2.06. The van der Waals surface area contributed by atoms with Gasteiger partial charge in [0.1, 0.15) is 11.8 Å². The Morgan fingerprint density at radius 3 is 2.67 bits per heavy atom. The Kier molecular flexibility index (Phi) is 3.52. The van der Waals surface area contributed by atoms with E-state index >= 15 is 0 Å². The maximum absolute atomic E-state index is 11.7. The molecule has 0 fully saturated rings. The second-order valence-corrected chi connectivity index (χ2v) is 4.47. The molecule has 1 unspecified atom stereocenters. The fraction of sp³-hybridized carbons (Fsp3) is 0.545. The largest absolute Gasteiger partial charge is 0.467 e. The number of amides is 1. The molecule has 1 aromatic rings. The van der Waals surface area contributed by atoms with E-state index in [-0.39, 0.29) is 12.5 Å². The molecule has 2 N–H and O–H groups in total. The standard InChI is InChI=1S/C11H17NO3/c1-11(2,3)10(14)12-8(7-13)9-5-4-6-15-9/h4-6,8,13H,7H2,1-3H3,(H,12,14). The lowest BCUT2D eigenvalue weighted by atomic mass is 9.95. The van der Waals surface area contributed by atoms with Crippen LogP contribution in [0.15, 0.2) is 22.8 Å². The summed E-state index contributed by atoms with van der Waals surface area (Å²) in [7, 11) is 0. The SMILES string of the molecule is CC(C)(C)C(=O)NC(CO)c1ccco1. The van der Waals surface area contributed by atoms with Crippen molar-refractivity contribution in [1.29, 1.82) is 0 Å². The zero-order valence-corrected chi connectivity index (χ0v) is 9.28. The minimum atomic E-state index is -0.472. The van der Waals surface area contributed by atoms with Crippen LogP contribution in [0.5, 0.6) is 0 Å². The molecule has 0 aliphatic heterocycles. The lowest BCUT2D eigenvalue weighted by Crippen LogP contribution is -2.38. The van der Waals surface area contributed by atoms with E-state index in [0.29, 0.717) is 5.76 Å². The number of carbonyl (C=O) groups is 1. The molecule has 0 bridgehead atoms. The molecule has 15 heavy (non-hydrogen) atoms. The zero-order valence-electron chi connectivity index (χ0n) is 9.28. The van der Waals surface area contributed by atoms with Crippen LogP contribution in [-0.2, 0) is 4.79 Å². The molecular weight excluding hydrogens is 194 g/mol. The molecule has 0 aliphatic carbocycles. The van der Waals surface area contributed by atoms with Crippen LogP contribution in [0.3, 0.4) is 0 Å². The average molecular weight is 211 g/mol. The summed E-state index contributed by atoms with van der Waals surface area (Å²) < 4.78 is 5.13. The summed E-state index contributed by atoms with van der Waals surface area (Å²) in [4.78, 5) is 11.7. The highest BCUT2D eigenvalue weighted by molar-refractivity contribution is 5.81. The number of aliphatic hydroxyl groups is 1. The number of furan rings is 1. The first-order chi connectivity index (χ1) is 6.95. The van der Waals surface area contributed by atoms with Crippen LogP contribution in [0.4, 0.5) is 0 Å². The van der Waals surface area contributed by atoms with Crippen LogP contribution in [0.25, 0.3) is 0 Å². The van der Waals surface area contributed by atoms with Crippen molar-refractivity contribution < 1.29 is 14.3 Å². The molecule has 4 heteroatoms. The molecule has 1 heterocycles. The molecule has 84 valence electrons. The molecule has 4 nitrogen and oxygen atoms in total. The lowest BCUT2D eigenvalue weighted by Gasteiger charge is -2.21. The number of nitrogens with one attached hydrogen (secondary N) is 1. The molecular formula is C11H17NO3. The van der Waals surface area contributed by atoms with Crippen LogP contribution >= 0.6 is 0 Å². The second kappa shape index (κ2) is 4.49. The number of rotatable bonds is 3. The van der Waals surface area contributed by atoms with Gasteiger partial charge in [0.05, 0.1) is 12.9 Å². The first kappa shape index (κ1) is 11.8. The Bertz CT molecular complexity index is 311. The Hall–Kier alpha value is -1.29. The normalized spacial score (nSPS) is 13.6. The van der Waals surface area contributed by atoms with E-state index in [2.05, 4.69) is 5.32 Å². The van der Waals surface area contributed by atoms with Gasteiger partial charge in [-0.25, -0.2) is 0 Å². The highest BCUT2D eigenvalue weighted by Gasteiger charge is 2.25. The van der Waals surface area contributed by atoms with Gasteiger partial charge in [0.25, 0.3) is 0 Å². The van der Waals surface area contributed by atoms with Gasteiger partial charge in [-0.2, -0.15) is 0 Å². The van der Waals surface area contributed by atoms with Crippen molar-refractivity contribution in [2.24, 2.45) is 5.41 Å². The smallest absolute Gasteiger partial charge is 0.226 e. The van der Waals surface area contributed by atoms with Crippen molar-refractivity contribution in [2.75, 3.05) is 6.61 Å². The number of hydrogen-bond acceptors (Lipinski definition) is 3. The number of carbonyl (C=O) groups excluding carboxylic acids is 1. The first-order valence-electron chi connectivity index (χ1n) is 4.90. The number of hydrogen-bond donors (Lipinski definition) is 2. The summed E-state index contributed by atoms with van der Waals surface area (Å²) >= 11 is 0. The van der Waals surface area contributed by atoms with E-state index in [0.717, 1.165) is 0 Å². The van der Waals surface area contributed by atoms with Gasteiger partial charge in [-0.1, -0.05) is 20.8 Å². The highest BCUT2D eigenvalue weighted by atomic mass is 16.3. The Balaban J connectivity index is 2.67. The summed E-state index contributed by atoms with van der Waals surface area (Å²) in [5, 5.41) is 11.9. The second-order valence-electron chi connectivity index (χ2n) is 4.47. The fourth-order valence-corrected chi connectivity index (χ4v) is 1.07. The summed E-state index contributed by atoms with van der Waals surface area (Å²) in [6, 6.07) is 2.98. The van der Waals surface area contributed by atoms with Crippen LogP contribution in [0.1, 0.15) is 32.6 Å². The van der Waals surface area contributed by atoms with E-state index in [1.54, 1.807) is 12.1 Å². The van der Waals surface area contributed by atoms with Gasteiger partial charge in [0, 0.05) is 5.41 Å². The highest BCUT2D eigenvalue weighted by Crippen LogP contribution is 2.18. The number of aliphatic hydroxyl groups excluding tert-OH is 1. The van der Waals surface area contributed by atoms with Crippen molar-refractivity contribution in [3.8, 4) is 0 Å². The van der Waals surface area contributed by atoms with Gasteiger partial charge in [0.15, 0.2) is 0 Å². The maximum atomic E-state index is 11.7. The minimum Gasteiger partial charge on any atom is -0.467 e. The first-order valence-corrected chi connectivity index (χ1v) is 4.90. The molecule has 1 aromatic heterocycles. The van der Waals surface area contributed by atoms with E-state index in [9.17, 15) is 4.79 Å². The Morgan fingerprint density at radius 1 is 1.60 bits per heavy atom. The molecule has 0 saturated carbocycles. The van der Waals surface area contributed by atoms with Crippen molar-refractivity contribution in [3.05, 3.63) is 24.2 Å². The summed E-state index contributed by atoms with van der Waals surface area (Å²) in [6.07, 6.45) is 1.52. The van der Waals surface area contributed by atoms with Gasteiger partial charge < -0.3 is 14.8 Å². The van der Waals surface area contributed by atoms with Gasteiger partial charge in [-0.05, 0) is 12.1 Å². The third kappa shape index (κ3) is 3.09. The maximum Gasteiger partial charge on any atom is 0.226 e. The molecule has 1 amide bonds. The van der Waals surface area contributed by atoms with Crippen molar-refractivity contribution in [3.63, 3.8) is 0 Å². The van der Waals surface area contributed by atoms with Crippen molar-refractivity contribution in [1.82, 2.24) is 5.32 Å². The zero-order chi connectivity index (χ0) is 11.5. The van der Waals surface area contributed by atoms with E-state index < -0.39 is 11.5 Å². The van der Waals surface area contributed by atoms with E-state index in [1.165, 1.54) is 6.26 Å². The van der Waals surface area contributed by atoms with Crippen molar-refractivity contribution >= 4 is 5.91 Å². The molecule has 0 aliphatic rings. The van der Waals surface area contributed by atoms with E-state index in [4.69, 9.17) is 9.52 Å². The van der Waals surface area contributed by atoms with Gasteiger partial charge in [-0.3, -0.25) is 4.79 Å². The van der Waals surface area contributed by atoms with Crippen molar-refractivity contribution in [2.45, 2.75) is 26.8 Å². The molecule has 1 rings (SSSR count). The van der Waals surface area contributed by atoms with Gasteiger partial charge in [0.2, 0.25) is 5.91 Å². The van der Waals surface area contributed by atoms with Crippen LogP contribution < -0.4 is 5.32 Å². The molecule has 0 aromatic carbocycles. The third-order valence-electron chi connectivity index (χ3n) is 2.06. The molecule has 0 spiro atoms. The Labute approximate surface area is 89.3 Å². The molecule has 0 saturated heterocycles. The minimum absolute atomic E-state index is 0.113. The average Bonchev–Trinajstić information content (AvgIpc) is 2.64. The predicted octanol–water partition coefficient (Wildman–Crippen LogP) is 1.48. The quantitative estimate of drug-likeness (QED) is 0.796. The molecule has 0 radical (unpaired) electrons. The lowest BCUT2D eigenvalue weighted by molar-refractivity contribution is -0.129. The van der Waals surface area contributed by atoms with Gasteiger partial charge in [-0.15, -0.1) is 0 Å². The topological polar surface area (TPSA) is 62.5 Å². The van der Waals surface area contributed by atoms with Crippen LogP contribution in [-0.4, -0.2) is 17.6 Å². The molecule has 1 atom stereocenters. The summed E-state index contributed by atoms with van der Waals surface area (Å²) in [6.45, 7) is 5.28. The Morgan fingerprint density at radius 2 is 2.27 bits per heavy atom. The fourth-order valence-electron chi connectivity index (χ4n) is 1.07.